The molecule has 1 heterocycles. The monoisotopic (exact) mass is 233 g/mol. The summed E-state index contributed by atoms with van der Waals surface area (Å²) in [4.78, 5) is 13.3. The summed E-state index contributed by atoms with van der Waals surface area (Å²) < 4.78 is 0. The van der Waals surface area contributed by atoms with Gasteiger partial charge < -0.3 is 5.11 Å². The molecule has 1 aromatic carbocycles. The number of hydrogen-bond donors (Lipinski definition) is 1. The van der Waals surface area contributed by atoms with Crippen LogP contribution >= 0.6 is 0 Å². The van der Waals surface area contributed by atoms with E-state index in [1.807, 2.05) is 12.1 Å². The van der Waals surface area contributed by atoms with Gasteiger partial charge in [0.05, 0.1) is 6.42 Å². The molecule has 0 fully saturated rings. The summed E-state index contributed by atoms with van der Waals surface area (Å²) in [7, 11) is 0. The fourth-order valence-corrected chi connectivity index (χ4v) is 2.53. The topological polar surface area (TPSA) is 40.5 Å². The number of hydrogen-bond acceptors (Lipinski definition) is 2. The zero-order valence-corrected chi connectivity index (χ0v) is 10.2. The molecule has 0 radical (unpaired) electrons. The van der Waals surface area contributed by atoms with Gasteiger partial charge in [0.15, 0.2) is 0 Å². The van der Waals surface area contributed by atoms with Gasteiger partial charge in [-0.05, 0) is 24.1 Å². The van der Waals surface area contributed by atoms with Crippen molar-refractivity contribution in [3.05, 3.63) is 35.4 Å². The molecule has 17 heavy (non-hydrogen) atoms. The second kappa shape index (κ2) is 5.32. The molecule has 92 valence electrons. The van der Waals surface area contributed by atoms with Crippen LogP contribution in [0.1, 0.15) is 43.4 Å². The van der Waals surface area contributed by atoms with E-state index >= 15 is 0 Å². The number of unbranched alkanes of at least 4 members (excludes halogenated alkanes) is 1. The lowest BCUT2D eigenvalue weighted by Gasteiger charge is -2.23. The van der Waals surface area contributed by atoms with Gasteiger partial charge in [0.1, 0.15) is 0 Å². The molecule has 0 aromatic heterocycles. The number of aliphatic carboxylic acids is 1. The summed E-state index contributed by atoms with van der Waals surface area (Å²) in [6, 6.07) is 8.26. The van der Waals surface area contributed by atoms with E-state index in [1.165, 1.54) is 11.1 Å². The van der Waals surface area contributed by atoms with Gasteiger partial charge in [-0.2, -0.15) is 0 Å². The van der Waals surface area contributed by atoms with Crippen LogP contribution in [0.5, 0.6) is 0 Å². The molecule has 3 nitrogen and oxygen atoms in total. The van der Waals surface area contributed by atoms with E-state index in [0.29, 0.717) is 0 Å². The highest BCUT2D eigenvalue weighted by Crippen LogP contribution is 2.35. The Balaban J connectivity index is 2.17. The Kier molecular flexibility index (Phi) is 3.79. The predicted molar refractivity (Wildman–Crippen MR) is 66.8 cm³/mol. The maximum Gasteiger partial charge on any atom is 0.305 e. The van der Waals surface area contributed by atoms with Gasteiger partial charge in [0.2, 0.25) is 0 Å². The van der Waals surface area contributed by atoms with E-state index < -0.39 is 5.97 Å². The average molecular weight is 233 g/mol. The van der Waals surface area contributed by atoms with Crippen molar-refractivity contribution in [1.29, 1.82) is 0 Å². The number of carboxylic acid groups (broad SMARTS) is 1. The van der Waals surface area contributed by atoms with Crippen molar-refractivity contribution in [2.24, 2.45) is 0 Å². The quantitative estimate of drug-likeness (QED) is 0.850. The molecule has 0 saturated heterocycles. The summed E-state index contributed by atoms with van der Waals surface area (Å²) in [5.74, 6) is -0.715. The second-order valence-electron chi connectivity index (χ2n) is 4.64. The number of nitrogens with zero attached hydrogens (tertiary/aromatic N) is 1. The zero-order chi connectivity index (χ0) is 12.3. The summed E-state index contributed by atoms with van der Waals surface area (Å²) in [5, 5.41) is 9.02. The predicted octanol–water partition coefficient (Wildman–Crippen LogP) is 2.82. The maximum absolute atomic E-state index is 11.0. The van der Waals surface area contributed by atoms with Crippen molar-refractivity contribution < 1.29 is 9.90 Å². The minimum atomic E-state index is -0.715. The third-order valence-corrected chi connectivity index (χ3v) is 3.40. The Hall–Kier alpha value is -1.35. The number of benzene rings is 1. The van der Waals surface area contributed by atoms with Crippen LogP contribution in [0.3, 0.4) is 0 Å². The number of rotatable bonds is 5. The molecule has 1 aliphatic rings. The number of carbonyl (C=O) groups is 1. The summed E-state index contributed by atoms with van der Waals surface area (Å²) in [6.07, 6.45) is 2.48. The first-order chi connectivity index (χ1) is 8.22. The Bertz CT molecular complexity index is 403. The lowest BCUT2D eigenvalue weighted by Crippen LogP contribution is -2.25. The molecule has 1 atom stereocenters. The van der Waals surface area contributed by atoms with Gasteiger partial charge in [-0.15, -0.1) is 0 Å². The molecule has 0 amide bonds. The Morgan fingerprint density at radius 3 is 2.94 bits per heavy atom. The third-order valence-electron chi connectivity index (χ3n) is 3.40. The average Bonchev–Trinajstić information content (AvgIpc) is 2.64. The van der Waals surface area contributed by atoms with Gasteiger partial charge in [0.25, 0.3) is 0 Å². The molecule has 0 aliphatic carbocycles. The van der Waals surface area contributed by atoms with Crippen LogP contribution in [-0.2, 0) is 11.3 Å². The van der Waals surface area contributed by atoms with E-state index in [-0.39, 0.29) is 12.5 Å². The number of carboxylic acids is 1. The minimum absolute atomic E-state index is 0.0650. The first kappa shape index (κ1) is 12.1. The Morgan fingerprint density at radius 2 is 2.24 bits per heavy atom. The van der Waals surface area contributed by atoms with E-state index in [1.54, 1.807) is 0 Å². The van der Waals surface area contributed by atoms with Crippen LogP contribution in [0, 0.1) is 0 Å². The van der Waals surface area contributed by atoms with Crippen molar-refractivity contribution >= 4 is 5.97 Å². The van der Waals surface area contributed by atoms with Crippen molar-refractivity contribution in [2.75, 3.05) is 6.54 Å². The van der Waals surface area contributed by atoms with Crippen molar-refractivity contribution in [1.82, 2.24) is 4.90 Å². The van der Waals surface area contributed by atoms with Gasteiger partial charge in [-0.3, -0.25) is 9.69 Å². The summed E-state index contributed by atoms with van der Waals surface area (Å²) >= 11 is 0. The highest BCUT2D eigenvalue weighted by Gasteiger charge is 2.30. The SMILES string of the molecule is CCCCN1Cc2ccccc2C1CC(=O)O. The molecule has 0 saturated carbocycles. The molecule has 2 rings (SSSR count). The smallest absolute Gasteiger partial charge is 0.305 e. The Labute approximate surface area is 102 Å². The molecule has 1 N–H and O–H groups in total. The molecule has 3 heteroatoms. The standard InChI is InChI=1S/C14H19NO2/c1-2-3-8-15-10-11-6-4-5-7-12(11)13(15)9-14(16)17/h4-7,13H,2-3,8-10H2,1H3,(H,16,17). The molecular formula is C14H19NO2. The molecule has 0 spiro atoms. The Morgan fingerprint density at radius 1 is 1.47 bits per heavy atom. The van der Waals surface area contributed by atoms with Crippen LogP contribution in [0.2, 0.25) is 0 Å². The van der Waals surface area contributed by atoms with Gasteiger partial charge in [0, 0.05) is 12.6 Å². The van der Waals surface area contributed by atoms with Gasteiger partial charge in [-0.1, -0.05) is 37.6 Å². The summed E-state index contributed by atoms with van der Waals surface area (Å²) in [5.41, 5.74) is 2.49. The highest BCUT2D eigenvalue weighted by molar-refractivity contribution is 5.68. The van der Waals surface area contributed by atoms with Gasteiger partial charge in [-0.25, -0.2) is 0 Å². The fraction of sp³-hybridized carbons (Fsp3) is 0.500. The van der Waals surface area contributed by atoms with Crippen molar-refractivity contribution in [2.45, 2.75) is 38.8 Å². The molecule has 1 aromatic rings. The van der Waals surface area contributed by atoms with E-state index in [2.05, 4.69) is 24.0 Å². The summed E-state index contributed by atoms with van der Waals surface area (Å²) in [6.45, 7) is 4.05. The first-order valence-electron chi connectivity index (χ1n) is 6.26. The largest absolute Gasteiger partial charge is 0.481 e. The van der Waals surface area contributed by atoms with Crippen LogP contribution < -0.4 is 0 Å². The molecule has 1 aliphatic heterocycles. The van der Waals surface area contributed by atoms with Crippen molar-refractivity contribution in [3.8, 4) is 0 Å². The number of fused-ring (bicyclic) bond motifs is 1. The van der Waals surface area contributed by atoms with Crippen LogP contribution in [0.15, 0.2) is 24.3 Å². The minimum Gasteiger partial charge on any atom is -0.481 e. The molecular weight excluding hydrogens is 214 g/mol. The lowest BCUT2D eigenvalue weighted by molar-refractivity contribution is -0.138. The van der Waals surface area contributed by atoms with Crippen LogP contribution in [0.25, 0.3) is 0 Å². The first-order valence-corrected chi connectivity index (χ1v) is 6.26. The maximum atomic E-state index is 11.0. The molecule has 1 unspecified atom stereocenters. The zero-order valence-electron chi connectivity index (χ0n) is 10.2. The van der Waals surface area contributed by atoms with E-state index in [9.17, 15) is 4.79 Å². The fourth-order valence-electron chi connectivity index (χ4n) is 2.53. The second-order valence-corrected chi connectivity index (χ2v) is 4.64. The highest BCUT2D eigenvalue weighted by atomic mass is 16.4. The van der Waals surface area contributed by atoms with E-state index in [0.717, 1.165) is 25.9 Å². The molecule has 0 bridgehead atoms. The van der Waals surface area contributed by atoms with Crippen LogP contribution in [0.4, 0.5) is 0 Å². The van der Waals surface area contributed by atoms with E-state index in [4.69, 9.17) is 5.11 Å². The van der Waals surface area contributed by atoms with Crippen LogP contribution in [-0.4, -0.2) is 22.5 Å². The van der Waals surface area contributed by atoms with Gasteiger partial charge >= 0.3 is 5.97 Å². The van der Waals surface area contributed by atoms with Crippen molar-refractivity contribution in [3.63, 3.8) is 0 Å². The third kappa shape index (κ3) is 2.67. The normalized spacial score (nSPS) is 19.2. The lowest BCUT2D eigenvalue weighted by atomic mass is 10.0.